The number of hydrogen-bond acceptors (Lipinski definition) is 7. The average Bonchev–Trinajstić information content (AvgIpc) is 3.13. The van der Waals surface area contributed by atoms with E-state index in [-0.39, 0.29) is 10.5 Å². The first kappa shape index (κ1) is 21.1. The minimum absolute atomic E-state index is 0.144. The van der Waals surface area contributed by atoms with Gasteiger partial charge in [0.1, 0.15) is 5.75 Å². The summed E-state index contributed by atoms with van der Waals surface area (Å²) in [4.78, 5) is 0. The number of nitrogens with zero attached hydrogens (tertiary/aromatic N) is 3. The van der Waals surface area contributed by atoms with Crippen LogP contribution in [0.3, 0.4) is 0 Å². The van der Waals surface area contributed by atoms with E-state index in [1.54, 1.807) is 24.3 Å². The lowest BCUT2D eigenvalue weighted by molar-refractivity contribution is 0.324. The second-order valence-corrected chi connectivity index (χ2v) is 6.56. The highest BCUT2D eigenvalue weighted by molar-refractivity contribution is 7.71. The number of phenols is 1. The van der Waals surface area contributed by atoms with E-state index in [0.29, 0.717) is 40.6 Å². The molecule has 1 heterocycles. The van der Waals surface area contributed by atoms with Gasteiger partial charge in [-0.2, -0.15) is 14.9 Å². The summed E-state index contributed by atoms with van der Waals surface area (Å²) >= 11 is 5.33. The van der Waals surface area contributed by atoms with Crippen LogP contribution in [-0.4, -0.2) is 47.5 Å². The maximum absolute atomic E-state index is 10.5. The molecule has 0 spiro atoms. The van der Waals surface area contributed by atoms with Crippen LogP contribution in [-0.2, 0) is 6.42 Å². The first-order valence-corrected chi connectivity index (χ1v) is 9.38. The van der Waals surface area contributed by atoms with Gasteiger partial charge in [-0.05, 0) is 42.4 Å². The van der Waals surface area contributed by atoms with Crippen molar-refractivity contribution in [3.05, 3.63) is 58.9 Å². The van der Waals surface area contributed by atoms with E-state index in [9.17, 15) is 5.11 Å². The number of methoxy groups -OCH3 is 3. The van der Waals surface area contributed by atoms with Crippen LogP contribution in [0.15, 0.2) is 48.1 Å². The van der Waals surface area contributed by atoms with Gasteiger partial charge in [0.05, 0.1) is 27.5 Å². The summed E-state index contributed by atoms with van der Waals surface area (Å²) in [6, 6.07) is 8.93. The van der Waals surface area contributed by atoms with Crippen LogP contribution in [0.5, 0.6) is 23.0 Å². The van der Waals surface area contributed by atoms with Crippen molar-refractivity contribution in [1.29, 1.82) is 0 Å². The fourth-order valence-electron chi connectivity index (χ4n) is 2.95. The molecule has 0 atom stereocenters. The topological polar surface area (TPSA) is 93.9 Å². The summed E-state index contributed by atoms with van der Waals surface area (Å²) in [6.45, 7) is 3.71. The molecular formula is C21H22N4O4S. The van der Waals surface area contributed by atoms with Gasteiger partial charge in [0.2, 0.25) is 10.5 Å². The SMILES string of the molecule is C=CCc1cccc(/C=N\n2c(-c3cc(OC)c(OC)c(OC)c3)n[nH]c2=S)c1O. The van der Waals surface area contributed by atoms with Gasteiger partial charge in [-0.1, -0.05) is 18.2 Å². The van der Waals surface area contributed by atoms with Gasteiger partial charge in [0.15, 0.2) is 17.3 Å². The molecular weight excluding hydrogens is 404 g/mol. The highest BCUT2D eigenvalue weighted by atomic mass is 32.1. The van der Waals surface area contributed by atoms with Crippen molar-refractivity contribution in [1.82, 2.24) is 14.9 Å². The summed E-state index contributed by atoms with van der Waals surface area (Å²) in [7, 11) is 4.61. The van der Waals surface area contributed by atoms with E-state index < -0.39 is 0 Å². The number of phenolic OH excluding ortho intramolecular Hbond substituents is 1. The predicted octanol–water partition coefficient (Wildman–Crippen LogP) is 3.95. The zero-order valence-electron chi connectivity index (χ0n) is 16.9. The Morgan fingerprint density at radius 2 is 1.90 bits per heavy atom. The van der Waals surface area contributed by atoms with Gasteiger partial charge in [-0.15, -0.1) is 6.58 Å². The standard InChI is InChI=1S/C21H22N4O4S/c1-5-7-13-8-6-9-14(18(13)26)12-22-25-20(23-24-21(25)30)15-10-16(27-2)19(29-4)17(11-15)28-3/h5-6,8-12,26H,1,7H2,2-4H3,(H,24,30)/b22-12-. The highest BCUT2D eigenvalue weighted by Gasteiger charge is 2.17. The summed E-state index contributed by atoms with van der Waals surface area (Å²) in [5.41, 5.74) is 1.96. The lowest BCUT2D eigenvalue weighted by atomic mass is 10.1. The number of nitrogens with one attached hydrogen (secondary N) is 1. The molecule has 156 valence electrons. The first-order valence-electron chi connectivity index (χ1n) is 8.97. The summed E-state index contributed by atoms with van der Waals surface area (Å²) in [5, 5.41) is 21.9. The van der Waals surface area contributed by atoms with Gasteiger partial charge in [0.25, 0.3) is 0 Å². The molecule has 0 fully saturated rings. The molecule has 0 aliphatic heterocycles. The molecule has 0 saturated carbocycles. The van der Waals surface area contributed by atoms with E-state index in [4.69, 9.17) is 26.4 Å². The Morgan fingerprint density at radius 3 is 2.50 bits per heavy atom. The van der Waals surface area contributed by atoms with E-state index in [1.807, 2.05) is 12.1 Å². The molecule has 2 N–H and O–H groups in total. The van der Waals surface area contributed by atoms with Crippen molar-refractivity contribution < 1.29 is 19.3 Å². The van der Waals surface area contributed by atoms with Crippen molar-refractivity contribution in [2.45, 2.75) is 6.42 Å². The fourth-order valence-corrected chi connectivity index (χ4v) is 3.13. The van der Waals surface area contributed by atoms with Gasteiger partial charge >= 0.3 is 0 Å². The van der Waals surface area contributed by atoms with Gasteiger partial charge in [-0.3, -0.25) is 0 Å². The highest BCUT2D eigenvalue weighted by Crippen LogP contribution is 2.40. The predicted molar refractivity (Wildman–Crippen MR) is 118 cm³/mol. The van der Waals surface area contributed by atoms with E-state index in [2.05, 4.69) is 21.9 Å². The molecule has 0 saturated heterocycles. The quantitative estimate of drug-likeness (QED) is 0.322. The molecule has 0 aliphatic rings. The molecule has 8 nitrogen and oxygen atoms in total. The van der Waals surface area contributed by atoms with E-state index >= 15 is 0 Å². The molecule has 3 rings (SSSR count). The van der Waals surface area contributed by atoms with Crippen LogP contribution in [0.4, 0.5) is 0 Å². The molecule has 3 aromatic rings. The third kappa shape index (κ3) is 4.06. The largest absolute Gasteiger partial charge is 0.507 e. The summed E-state index contributed by atoms with van der Waals surface area (Å²) in [6.07, 6.45) is 3.80. The number of aromatic amines is 1. The molecule has 1 aromatic heterocycles. The van der Waals surface area contributed by atoms with E-state index in [1.165, 1.54) is 32.2 Å². The zero-order valence-corrected chi connectivity index (χ0v) is 17.7. The van der Waals surface area contributed by atoms with Crippen LogP contribution in [0.2, 0.25) is 0 Å². The summed E-state index contributed by atoms with van der Waals surface area (Å²) in [5.74, 6) is 2.01. The number of aromatic nitrogens is 3. The Kier molecular flexibility index (Phi) is 6.53. The van der Waals surface area contributed by atoms with Gasteiger partial charge in [0, 0.05) is 11.1 Å². The number of aromatic hydroxyl groups is 1. The number of ether oxygens (including phenoxy) is 3. The van der Waals surface area contributed by atoms with Crippen LogP contribution in [0.25, 0.3) is 11.4 Å². The molecule has 2 aromatic carbocycles. The minimum atomic E-state index is 0.144. The van der Waals surface area contributed by atoms with Crippen LogP contribution in [0.1, 0.15) is 11.1 Å². The number of benzene rings is 2. The van der Waals surface area contributed by atoms with Crippen molar-refractivity contribution in [2.75, 3.05) is 21.3 Å². The third-order valence-electron chi connectivity index (χ3n) is 4.40. The van der Waals surface area contributed by atoms with Crippen LogP contribution < -0.4 is 14.2 Å². The third-order valence-corrected chi connectivity index (χ3v) is 4.66. The van der Waals surface area contributed by atoms with Crippen LogP contribution in [0, 0.1) is 4.77 Å². The fraction of sp³-hybridized carbons (Fsp3) is 0.190. The second-order valence-electron chi connectivity index (χ2n) is 6.17. The lowest BCUT2D eigenvalue weighted by Gasteiger charge is -2.13. The van der Waals surface area contributed by atoms with Crippen molar-refractivity contribution in [2.24, 2.45) is 5.10 Å². The second kappa shape index (κ2) is 9.27. The van der Waals surface area contributed by atoms with Crippen molar-refractivity contribution in [3.63, 3.8) is 0 Å². The number of rotatable bonds is 8. The molecule has 30 heavy (non-hydrogen) atoms. The lowest BCUT2D eigenvalue weighted by Crippen LogP contribution is -1.99. The summed E-state index contributed by atoms with van der Waals surface area (Å²) < 4.78 is 17.9. The number of hydrogen-bond donors (Lipinski definition) is 2. The minimum Gasteiger partial charge on any atom is -0.507 e. The van der Waals surface area contributed by atoms with E-state index in [0.717, 1.165) is 5.56 Å². The Balaban J connectivity index is 2.07. The van der Waals surface area contributed by atoms with Gasteiger partial charge in [-0.25, -0.2) is 5.10 Å². The number of para-hydroxylation sites is 1. The normalized spacial score (nSPS) is 10.9. The van der Waals surface area contributed by atoms with Crippen LogP contribution >= 0.6 is 12.2 Å². The van der Waals surface area contributed by atoms with Crippen molar-refractivity contribution in [3.8, 4) is 34.4 Å². The first-order chi connectivity index (χ1) is 14.5. The number of H-pyrrole nitrogens is 1. The van der Waals surface area contributed by atoms with Gasteiger partial charge < -0.3 is 19.3 Å². The Labute approximate surface area is 179 Å². The maximum atomic E-state index is 10.5. The number of allylic oxidation sites excluding steroid dienone is 1. The molecule has 0 unspecified atom stereocenters. The average molecular weight is 426 g/mol. The Morgan fingerprint density at radius 1 is 1.20 bits per heavy atom. The molecule has 0 aliphatic carbocycles. The Bertz CT molecular complexity index is 1130. The smallest absolute Gasteiger partial charge is 0.216 e. The molecule has 0 amide bonds. The maximum Gasteiger partial charge on any atom is 0.216 e. The molecule has 9 heteroatoms. The monoisotopic (exact) mass is 426 g/mol. The molecule has 0 radical (unpaired) electrons. The molecule has 0 bridgehead atoms. The zero-order chi connectivity index (χ0) is 21.7. The van der Waals surface area contributed by atoms with Crippen molar-refractivity contribution >= 4 is 18.4 Å². The Hall–Kier alpha value is -3.59.